The Bertz CT molecular complexity index is 618. The first-order valence-electron chi connectivity index (χ1n) is 6.99. The smallest absolute Gasteiger partial charge is 0.229 e. The largest absolute Gasteiger partial charge is 0.508 e. The average Bonchev–Trinajstić information content (AvgIpc) is 2.97. The van der Waals surface area contributed by atoms with Gasteiger partial charge in [-0.1, -0.05) is 0 Å². The lowest BCUT2D eigenvalue weighted by Crippen LogP contribution is -2.34. The van der Waals surface area contributed by atoms with Gasteiger partial charge in [0.25, 0.3) is 0 Å². The number of amides is 1. The van der Waals surface area contributed by atoms with Gasteiger partial charge in [-0.3, -0.25) is 4.79 Å². The number of nitrogens with zero attached hydrogens (tertiary/aromatic N) is 1. The van der Waals surface area contributed by atoms with Crippen molar-refractivity contribution in [3.05, 3.63) is 29.6 Å². The monoisotopic (exact) mass is 303 g/mol. The summed E-state index contributed by atoms with van der Waals surface area (Å²) in [6, 6.07) is 6.87. The number of aromatic nitrogens is 1. The molecular formula is C15H17N3O2S. The van der Waals surface area contributed by atoms with Gasteiger partial charge in [0.05, 0.1) is 5.69 Å². The third-order valence-electron chi connectivity index (χ3n) is 3.61. The van der Waals surface area contributed by atoms with E-state index < -0.39 is 0 Å². The van der Waals surface area contributed by atoms with Gasteiger partial charge in [-0.2, -0.15) is 0 Å². The van der Waals surface area contributed by atoms with Crippen LogP contribution in [0, 0.1) is 5.92 Å². The standard InChI is InChI=1S/C15H17N3O2S/c19-12-3-1-10(2-4-12)13-9-21-15(17-13)18-14(20)11-5-7-16-8-6-11/h1-4,9,11,16,19H,5-8H2,(H,17,18,20). The van der Waals surface area contributed by atoms with E-state index in [4.69, 9.17) is 0 Å². The number of carbonyl (C=O) groups is 1. The fourth-order valence-electron chi connectivity index (χ4n) is 2.39. The zero-order chi connectivity index (χ0) is 14.7. The molecule has 0 bridgehead atoms. The zero-order valence-electron chi connectivity index (χ0n) is 11.5. The summed E-state index contributed by atoms with van der Waals surface area (Å²) < 4.78 is 0. The topological polar surface area (TPSA) is 74.2 Å². The second-order valence-corrected chi connectivity index (χ2v) is 5.96. The normalized spacial score (nSPS) is 15.8. The average molecular weight is 303 g/mol. The highest BCUT2D eigenvalue weighted by Crippen LogP contribution is 2.26. The summed E-state index contributed by atoms with van der Waals surface area (Å²) in [5.41, 5.74) is 1.73. The predicted molar refractivity (Wildman–Crippen MR) is 83.4 cm³/mol. The molecule has 5 nitrogen and oxygen atoms in total. The van der Waals surface area contributed by atoms with Crippen LogP contribution in [-0.4, -0.2) is 29.1 Å². The molecule has 2 heterocycles. The van der Waals surface area contributed by atoms with E-state index >= 15 is 0 Å². The second kappa shape index (κ2) is 6.24. The van der Waals surface area contributed by atoms with Crippen molar-refractivity contribution in [1.82, 2.24) is 10.3 Å². The Balaban J connectivity index is 1.67. The molecule has 1 aliphatic rings. The number of phenols is 1. The Morgan fingerprint density at radius 1 is 1.29 bits per heavy atom. The Morgan fingerprint density at radius 2 is 2.00 bits per heavy atom. The molecule has 1 aromatic heterocycles. The van der Waals surface area contributed by atoms with Gasteiger partial charge in [0.15, 0.2) is 5.13 Å². The zero-order valence-corrected chi connectivity index (χ0v) is 12.3. The summed E-state index contributed by atoms with van der Waals surface area (Å²) in [7, 11) is 0. The quantitative estimate of drug-likeness (QED) is 0.814. The third kappa shape index (κ3) is 3.40. The second-order valence-electron chi connectivity index (χ2n) is 5.10. The minimum Gasteiger partial charge on any atom is -0.508 e. The Kier molecular flexibility index (Phi) is 4.17. The number of piperidine rings is 1. The van der Waals surface area contributed by atoms with E-state index in [-0.39, 0.29) is 17.6 Å². The molecule has 3 N–H and O–H groups in total. The maximum atomic E-state index is 12.2. The lowest BCUT2D eigenvalue weighted by Gasteiger charge is -2.20. The molecule has 1 amide bonds. The molecule has 1 aliphatic heterocycles. The van der Waals surface area contributed by atoms with Crippen molar-refractivity contribution in [2.45, 2.75) is 12.8 Å². The number of nitrogens with one attached hydrogen (secondary N) is 2. The molecule has 3 rings (SSSR count). The predicted octanol–water partition coefficient (Wildman–Crippen LogP) is 2.45. The fraction of sp³-hybridized carbons (Fsp3) is 0.333. The minimum atomic E-state index is 0.0584. The molecule has 2 aromatic rings. The molecule has 0 aliphatic carbocycles. The van der Waals surface area contributed by atoms with Crippen LogP contribution in [0.3, 0.4) is 0 Å². The van der Waals surface area contributed by atoms with Crippen molar-refractivity contribution in [2.24, 2.45) is 5.92 Å². The van der Waals surface area contributed by atoms with Gasteiger partial charge in [-0.05, 0) is 50.2 Å². The number of hydrogen-bond acceptors (Lipinski definition) is 5. The van der Waals surface area contributed by atoms with Crippen LogP contribution in [0.15, 0.2) is 29.6 Å². The lowest BCUT2D eigenvalue weighted by molar-refractivity contribution is -0.120. The lowest BCUT2D eigenvalue weighted by atomic mass is 9.97. The highest BCUT2D eigenvalue weighted by atomic mass is 32.1. The molecular weight excluding hydrogens is 286 g/mol. The van der Waals surface area contributed by atoms with Crippen molar-refractivity contribution < 1.29 is 9.90 Å². The molecule has 1 fully saturated rings. The molecule has 1 aromatic carbocycles. The van der Waals surface area contributed by atoms with E-state index in [1.54, 1.807) is 12.1 Å². The number of aromatic hydroxyl groups is 1. The summed E-state index contributed by atoms with van der Waals surface area (Å²) >= 11 is 1.42. The summed E-state index contributed by atoms with van der Waals surface area (Å²) in [4.78, 5) is 16.6. The van der Waals surface area contributed by atoms with E-state index in [1.165, 1.54) is 11.3 Å². The van der Waals surface area contributed by atoms with Gasteiger partial charge in [-0.25, -0.2) is 4.98 Å². The van der Waals surface area contributed by atoms with Crippen LogP contribution in [-0.2, 0) is 4.79 Å². The van der Waals surface area contributed by atoms with Gasteiger partial charge in [0, 0.05) is 16.9 Å². The van der Waals surface area contributed by atoms with E-state index in [0.717, 1.165) is 37.2 Å². The Hall–Kier alpha value is -1.92. The van der Waals surface area contributed by atoms with Crippen LogP contribution in [0.2, 0.25) is 0 Å². The molecule has 0 atom stereocenters. The highest BCUT2D eigenvalue weighted by molar-refractivity contribution is 7.14. The van der Waals surface area contributed by atoms with Crippen LogP contribution in [0.25, 0.3) is 11.3 Å². The van der Waals surface area contributed by atoms with Crippen molar-refractivity contribution in [3.63, 3.8) is 0 Å². The maximum absolute atomic E-state index is 12.2. The number of carbonyl (C=O) groups excluding carboxylic acids is 1. The maximum Gasteiger partial charge on any atom is 0.229 e. The van der Waals surface area contributed by atoms with Gasteiger partial charge < -0.3 is 15.7 Å². The van der Waals surface area contributed by atoms with E-state index in [1.807, 2.05) is 17.5 Å². The number of benzene rings is 1. The van der Waals surface area contributed by atoms with Gasteiger partial charge in [0.1, 0.15) is 5.75 Å². The SMILES string of the molecule is O=C(Nc1nc(-c2ccc(O)cc2)cs1)C1CCNCC1. The van der Waals surface area contributed by atoms with Crippen molar-refractivity contribution >= 4 is 22.4 Å². The number of phenolic OH excluding ortho intramolecular Hbond substituents is 1. The molecule has 21 heavy (non-hydrogen) atoms. The molecule has 1 saturated heterocycles. The molecule has 0 saturated carbocycles. The summed E-state index contributed by atoms with van der Waals surface area (Å²) in [6.45, 7) is 1.80. The molecule has 0 radical (unpaired) electrons. The molecule has 0 spiro atoms. The summed E-state index contributed by atoms with van der Waals surface area (Å²) in [6.07, 6.45) is 1.75. The van der Waals surface area contributed by atoms with Crippen LogP contribution in [0.4, 0.5) is 5.13 Å². The number of thiazole rings is 1. The molecule has 0 unspecified atom stereocenters. The minimum absolute atomic E-state index is 0.0584. The van der Waals surface area contributed by atoms with Crippen molar-refractivity contribution in [1.29, 1.82) is 0 Å². The first-order valence-corrected chi connectivity index (χ1v) is 7.87. The van der Waals surface area contributed by atoms with Crippen LogP contribution >= 0.6 is 11.3 Å². The van der Waals surface area contributed by atoms with Gasteiger partial charge >= 0.3 is 0 Å². The summed E-state index contributed by atoms with van der Waals surface area (Å²) in [5.74, 6) is 0.365. The van der Waals surface area contributed by atoms with Crippen molar-refractivity contribution in [3.8, 4) is 17.0 Å². The number of anilines is 1. The number of rotatable bonds is 3. The highest BCUT2D eigenvalue weighted by Gasteiger charge is 2.21. The van der Waals surface area contributed by atoms with Gasteiger partial charge in [-0.15, -0.1) is 11.3 Å². The van der Waals surface area contributed by atoms with E-state index in [9.17, 15) is 9.90 Å². The Morgan fingerprint density at radius 3 is 2.71 bits per heavy atom. The van der Waals surface area contributed by atoms with Gasteiger partial charge in [0.2, 0.25) is 5.91 Å². The van der Waals surface area contributed by atoms with Crippen LogP contribution < -0.4 is 10.6 Å². The molecule has 6 heteroatoms. The summed E-state index contributed by atoms with van der Waals surface area (Å²) in [5, 5.41) is 18.0. The number of hydrogen-bond donors (Lipinski definition) is 3. The van der Waals surface area contributed by atoms with Crippen LogP contribution in [0.1, 0.15) is 12.8 Å². The Labute approximate surface area is 127 Å². The molecule has 110 valence electrons. The first-order chi connectivity index (χ1) is 10.2. The van der Waals surface area contributed by atoms with Crippen LogP contribution in [0.5, 0.6) is 5.75 Å². The van der Waals surface area contributed by atoms with Crippen molar-refractivity contribution in [2.75, 3.05) is 18.4 Å². The van der Waals surface area contributed by atoms with E-state index in [0.29, 0.717) is 5.13 Å². The third-order valence-corrected chi connectivity index (χ3v) is 4.37. The van der Waals surface area contributed by atoms with E-state index in [2.05, 4.69) is 15.6 Å². The fourth-order valence-corrected chi connectivity index (χ4v) is 3.11. The first kappa shape index (κ1) is 14.0.